The molecule has 1 heterocycles. The van der Waals surface area contributed by atoms with Gasteiger partial charge in [-0.2, -0.15) is 0 Å². The summed E-state index contributed by atoms with van der Waals surface area (Å²) in [6, 6.07) is 6.21. The van der Waals surface area contributed by atoms with Crippen LogP contribution in [-0.2, 0) is 4.79 Å². The Hall–Kier alpha value is -1.95. The summed E-state index contributed by atoms with van der Waals surface area (Å²) in [7, 11) is 0. The van der Waals surface area contributed by atoms with Gasteiger partial charge in [0.25, 0.3) is 0 Å². The first-order chi connectivity index (χ1) is 9.54. The van der Waals surface area contributed by atoms with Gasteiger partial charge >= 0.3 is 5.97 Å². The SMILES string of the molecule is CCC(C)C(C(=O)O)n1nnnc1-c1cccc(Cl)c1. The van der Waals surface area contributed by atoms with Crippen molar-refractivity contribution in [2.75, 3.05) is 0 Å². The maximum absolute atomic E-state index is 11.5. The number of carboxylic acids is 1. The molecule has 106 valence electrons. The molecule has 0 radical (unpaired) electrons. The van der Waals surface area contributed by atoms with Crippen molar-refractivity contribution >= 4 is 17.6 Å². The highest BCUT2D eigenvalue weighted by atomic mass is 35.5. The third-order valence-corrected chi connectivity index (χ3v) is 3.51. The molecule has 0 aliphatic carbocycles. The predicted octanol–water partition coefficient (Wildman–Crippen LogP) is 2.67. The Morgan fingerprint density at radius 2 is 2.25 bits per heavy atom. The second-order valence-corrected chi connectivity index (χ2v) is 5.06. The Morgan fingerprint density at radius 1 is 1.50 bits per heavy atom. The van der Waals surface area contributed by atoms with E-state index in [4.69, 9.17) is 11.6 Å². The van der Waals surface area contributed by atoms with E-state index in [-0.39, 0.29) is 5.92 Å². The minimum absolute atomic E-state index is 0.0889. The Bertz CT molecular complexity index is 614. The molecule has 0 amide bonds. The Kier molecular flexibility index (Phi) is 4.34. The molecule has 0 fully saturated rings. The van der Waals surface area contributed by atoms with Crippen LogP contribution in [0.5, 0.6) is 0 Å². The molecule has 0 aliphatic rings. The van der Waals surface area contributed by atoms with Crippen LogP contribution in [-0.4, -0.2) is 31.3 Å². The van der Waals surface area contributed by atoms with Crippen LogP contribution in [0.2, 0.25) is 5.02 Å². The molecule has 20 heavy (non-hydrogen) atoms. The van der Waals surface area contributed by atoms with Crippen molar-refractivity contribution in [1.82, 2.24) is 20.2 Å². The van der Waals surface area contributed by atoms with Gasteiger partial charge in [-0.15, -0.1) is 5.10 Å². The number of carboxylic acid groups (broad SMARTS) is 1. The van der Waals surface area contributed by atoms with Crippen molar-refractivity contribution in [3.63, 3.8) is 0 Å². The largest absolute Gasteiger partial charge is 0.480 e. The van der Waals surface area contributed by atoms with Crippen molar-refractivity contribution in [1.29, 1.82) is 0 Å². The second kappa shape index (κ2) is 6.00. The zero-order valence-corrected chi connectivity index (χ0v) is 11.9. The van der Waals surface area contributed by atoms with Gasteiger partial charge in [-0.05, 0) is 28.5 Å². The second-order valence-electron chi connectivity index (χ2n) is 4.63. The van der Waals surface area contributed by atoms with E-state index in [1.807, 2.05) is 13.8 Å². The summed E-state index contributed by atoms with van der Waals surface area (Å²) in [5, 5.41) is 21.4. The van der Waals surface area contributed by atoms with Gasteiger partial charge in [-0.3, -0.25) is 0 Å². The summed E-state index contributed by atoms with van der Waals surface area (Å²) >= 11 is 5.95. The van der Waals surface area contributed by atoms with E-state index < -0.39 is 12.0 Å². The molecule has 0 aliphatic heterocycles. The third kappa shape index (κ3) is 2.80. The van der Waals surface area contributed by atoms with Gasteiger partial charge in [0.05, 0.1) is 0 Å². The fourth-order valence-electron chi connectivity index (χ4n) is 2.01. The number of tetrazole rings is 1. The van der Waals surface area contributed by atoms with Gasteiger partial charge in [-0.25, -0.2) is 9.48 Å². The monoisotopic (exact) mass is 294 g/mol. The minimum Gasteiger partial charge on any atom is -0.480 e. The van der Waals surface area contributed by atoms with Gasteiger partial charge in [0, 0.05) is 10.6 Å². The van der Waals surface area contributed by atoms with Gasteiger partial charge in [0.1, 0.15) is 0 Å². The number of hydrogen-bond donors (Lipinski definition) is 1. The zero-order valence-electron chi connectivity index (χ0n) is 11.2. The van der Waals surface area contributed by atoms with Crippen molar-refractivity contribution in [2.24, 2.45) is 5.92 Å². The normalized spacial score (nSPS) is 13.9. The van der Waals surface area contributed by atoms with Crippen molar-refractivity contribution in [3.8, 4) is 11.4 Å². The lowest BCUT2D eigenvalue weighted by Gasteiger charge is -2.19. The maximum Gasteiger partial charge on any atom is 0.328 e. The fourth-order valence-corrected chi connectivity index (χ4v) is 2.20. The average Bonchev–Trinajstić information content (AvgIpc) is 2.87. The molecule has 2 aromatic rings. The third-order valence-electron chi connectivity index (χ3n) is 3.28. The Labute approximate surface area is 121 Å². The van der Waals surface area contributed by atoms with Crippen LogP contribution < -0.4 is 0 Å². The Morgan fingerprint density at radius 3 is 2.85 bits per heavy atom. The summed E-state index contributed by atoms with van der Waals surface area (Å²) in [6.45, 7) is 3.80. The van der Waals surface area contributed by atoms with E-state index in [0.29, 0.717) is 22.8 Å². The lowest BCUT2D eigenvalue weighted by atomic mass is 9.99. The molecule has 2 unspecified atom stereocenters. The van der Waals surface area contributed by atoms with E-state index in [1.54, 1.807) is 24.3 Å². The molecular weight excluding hydrogens is 280 g/mol. The number of hydrogen-bond acceptors (Lipinski definition) is 4. The molecule has 1 aromatic heterocycles. The van der Waals surface area contributed by atoms with Crippen LogP contribution in [0.15, 0.2) is 24.3 Å². The average molecular weight is 295 g/mol. The van der Waals surface area contributed by atoms with Gasteiger partial charge in [-0.1, -0.05) is 44.0 Å². The number of aliphatic carboxylic acids is 1. The molecule has 0 saturated carbocycles. The molecule has 2 rings (SSSR count). The summed E-state index contributed by atoms with van der Waals surface area (Å²) in [5.74, 6) is -0.635. The standard InChI is InChI=1S/C13H15ClN4O2/c1-3-8(2)11(13(19)20)18-12(15-16-17-18)9-5-4-6-10(14)7-9/h4-8,11H,3H2,1-2H3,(H,19,20). The first-order valence-electron chi connectivity index (χ1n) is 6.31. The number of rotatable bonds is 5. The van der Waals surface area contributed by atoms with Gasteiger partial charge < -0.3 is 5.11 Å². The van der Waals surface area contributed by atoms with Crippen LogP contribution in [0.4, 0.5) is 0 Å². The highest BCUT2D eigenvalue weighted by Crippen LogP contribution is 2.27. The molecule has 1 aromatic carbocycles. The number of nitrogens with zero attached hydrogens (tertiary/aromatic N) is 4. The Balaban J connectivity index is 2.49. The zero-order chi connectivity index (χ0) is 14.7. The van der Waals surface area contributed by atoms with Crippen LogP contribution in [0, 0.1) is 5.92 Å². The van der Waals surface area contributed by atoms with E-state index in [1.165, 1.54) is 4.68 Å². The molecule has 0 spiro atoms. The quantitative estimate of drug-likeness (QED) is 0.917. The van der Waals surface area contributed by atoms with Crippen molar-refractivity contribution in [2.45, 2.75) is 26.3 Å². The first-order valence-corrected chi connectivity index (χ1v) is 6.69. The summed E-state index contributed by atoms with van der Waals surface area (Å²) in [4.78, 5) is 11.5. The van der Waals surface area contributed by atoms with Gasteiger partial charge in [0.15, 0.2) is 11.9 Å². The number of aromatic nitrogens is 4. The topological polar surface area (TPSA) is 80.9 Å². The van der Waals surface area contributed by atoms with Crippen LogP contribution in [0.1, 0.15) is 26.3 Å². The minimum atomic E-state index is -0.949. The number of halogens is 1. The highest BCUT2D eigenvalue weighted by Gasteiger charge is 2.29. The molecule has 0 bridgehead atoms. The lowest BCUT2D eigenvalue weighted by molar-refractivity contribution is -0.142. The van der Waals surface area contributed by atoms with E-state index in [9.17, 15) is 9.90 Å². The van der Waals surface area contributed by atoms with Crippen LogP contribution in [0.25, 0.3) is 11.4 Å². The summed E-state index contributed by atoms with van der Waals surface area (Å²) in [6.07, 6.45) is 0.714. The molecule has 6 nitrogen and oxygen atoms in total. The van der Waals surface area contributed by atoms with E-state index in [2.05, 4.69) is 15.5 Å². The first kappa shape index (κ1) is 14.5. The van der Waals surface area contributed by atoms with Crippen molar-refractivity contribution < 1.29 is 9.90 Å². The molecule has 2 atom stereocenters. The molecular formula is C13H15ClN4O2. The summed E-state index contributed by atoms with van der Waals surface area (Å²) < 4.78 is 1.35. The smallest absolute Gasteiger partial charge is 0.328 e. The van der Waals surface area contributed by atoms with Crippen molar-refractivity contribution in [3.05, 3.63) is 29.3 Å². The van der Waals surface area contributed by atoms with Crippen LogP contribution >= 0.6 is 11.6 Å². The molecule has 7 heteroatoms. The highest BCUT2D eigenvalue weighted by molar-refractivity contribution is 6.30. The van der Waals surface area contributed by atoms with Crippen LogP contribution in [0.3, 0.4) is 0 Å². The van der Waals surface area contributed by atoms with E-state index >= 15 is 0 Å². The molecule has 0 saturated heterocycles. The number of benzene rings is 1. The summed E-state index contributed by atoms with van der Waals surface area (Å²) in [5.41, 5.74) is 0.692. The lowest BCUT2D eigenvalue weighted by Crippen LogP contribution is -2.27. The maximum atomic E-state index is 11.5. The number of carbonyl (C=O) groups is 1. The predicted molar refractivity (Wildman–Crippen MR) is 74.4 cm³/mol. The van der Waals surface area contributed by atoms with E-state index in [0.717, 1.165) is 0 Å². The molecule has 1 N–H and O–H groups in total. The van der Waals surface area contributed by atoms with Gasteiger partial charge in [0.2, 0.25) is 0 Å². The fraction of sp³-hybridized carbons (Fsp3) is 0.385.